The number of carbonyl (C=O) groups excluding carboxylic acids is 2. The summed E-state index contributed by atoms with van der Waals surface area (Å²) in [5.74, 6) is -1.69. The molecule has 2 aromatic rings. The quantitative estimate of drug-likeness (QED) is 0.662. The Morgan fingerprint density at radius 3 is 2.50 bits per heavy atom. The zero-order valence-electron chi connectivity index (χ0n) is 12.3. The molecule has 1 aliphatic rings. The molecule has 3 rings (SSSR count). The molecule has 1 heterocycles. The average molecular weight is 335 g/mol. The minimum Gasteiger partial charge on any atom is -0.413 e. The van der Waals surface area contributed by atoms with Crippen molar-refractivity contribution < 1.29 is 27.5 Å². The number of halogens is 3. The van der Waals surface area contributed by atoms with Crippen LogP contribution < -0.4 is 10.1 Å². The molecular formula is C17H12F3NO3. The number of Topliss-reactive ketones (excluding diaryl/α,β-unsaturated/α-hetero) is 2. The van der Waals surface area contributed by atoms with Gasteiger partial charge in [0.25, 0.3) is 0 Å². The summed E-state index contributed by atoms with van der Waals surface area (Å²) in [6.07, 6.45) is -3.84. The summed E-state index contributed by atoms with van der Waals surface area (Å²) in [6, 6.07) is 9.38. The van der Waals surface area contributed by atoms with Gasteiger partial charge in [0.05, 0.1) is 11.3 Å². The van der Waals surface area contributed by atoms with E-state index in [-0.39, 0.29) is 35.4 Å². The van der Waals surface area contributed by atoms with Gasteiger partial charge in [-0.2, -0.15) is 0 Å². The van der Waals surface area contributed by atoms with Gasteiger partial charge in [-0.3, -0.25) is 14.9 Å². The molecule has 0 saturated carbocycles. The number of fused-ring (bicyclic) bond motifs is 1. The summed E-state index contributed by atoms with van der Waals surface area (Å²) in [5.41, 5.74) is 0.153. The fourth-order valence-corrected chi connectivity index (χ4v) is 2.40. The molecule has 2 aromatic carbocycles. The second-order valence-corrected chi connectivity index (χ2v) is 5.28. The maximum absolute atomic E-state index is 13.5. The van der Waals surface area contributed by atoms with Crippen LogP contribution in [0.5, 0.6) is 5.75 Å². The Balaban J connectivity index is 1.66. The number of benzene rings is 2. The lowest BCUT2D eigenvalue weighted by Gasteiger charge is -2.06. The highest BCUT2D eigenvalue weighted by atomic mass is 19.3. The third kappa shape index (κ3) is 3.24. The number of ketones is 2. The number of hydrogen-bond donors (Lipinski definition) is 1. The monoisotopic (exact) mass is 335 g/mol. The van der Waals surface area contributed by atoms with Crippen molar-refractivity contribution in [2.75, 3.05) is 5.32 Å². The van der Waals surface area contributed by atoms with Gasteiger partial charge < -0.3 is 4.74 Å². The first-order valence-electron chi connectivity index (χ1n) is 7.16. The Bertz CT molecular complexity index is 820. The lowest BCUT2D eigenvalue weighted by atomic mass is 10.0. The van der Waals surface area contributed by atoms with Gasteiger partial charge in [-0.1, -0.05) is 12.1 Å². The summed E-state index contributed by atoms with van der Waals surface area (Å²) in [4.78, 5) is 24.1. The van der Waals surface area contributed by atoms with Crippen molar-refractivity contribution >= 4 is 17.3 Å². The fourth-order valence-electron chi connectivity index (χ4n) is 2.40. The van der Waals surface area contributed by atoms with Crippen molar-refractivity contribution in [1.82, 2.24) is 0 Å². The number of rotatable bonds is 5. The smallest absolute Gasteiger partial charge is 0.413 e. The summed E-state index contributed by atoms with van der Waals surface area (Å²) in [6.45, 7) is 0. The number of anilines is 1. The highest BCUT2D eigenvalue weighted by Gasteiger charge is 2.39. The second kappa shape index (κ2) is 5.99. The SMILES string of the molecule is O=C(CCC(=O)c1ccccc1F)c1ccc2c(c1)OC(F)(F)N2. The first-order valence-corrected chi connectivity index (χ1v) is 7.16. The third-order valence-electron chi connectivity index (χ3n) is 3.58. The molecule has 1 aliphatic heterocycles. The Morgan fingerprint density at radius 2 is 1.75 bits per heavy atom. The van der Waals surface area contributed by atoms with E-state index in [1.54, 1.807) is 0 Å². The predicted octanol–water partition coefficient (Wildman–Crippen LogP) is 4.03. The molecule has 7 heteroatoms. The molecule has 0 saturated heterocycles. The van der Waals surface area contributed by atoms with E-state index in [2.05, 4.69) is 4.74 Å². The summed E-state index contributed by atoms with van der Waals surface area (Å²) < 4.78 is 44.0. The van der Waals surface area contributed by atoms with Crippen molar-refractivity contribution in [2.24, 2.45) is 0 Å². The number of alkyl halides is 2. The van der Waals surface area contributed by atoms with Crippen LogP contribution in [0.4, 0.5) is 18.9 Å². The highest BCUT2D eigenvalue weighted by Crippen LogP contribution is 2.38. The number of ether oxygens (including phenoxy) is 1. The van der Waals surface area contributed by atoms with Crippen molar-refractivity contribution in [3.63, 3.8) is 0 Å². The maximum atomic E-state index is 13.5. The molecule has 0 bridgehead atoms. The van der Waals surface area contributed by atoms with Gasteiger partial charge in [-0.25, -0.2) is 4.39 Å². The molecule has 0 radical (unpaired) electrons. The molecule has 0 atom stereocenters. The van der Waals surface area contributed by atoms with E-state index in [9.17, 15) is 22.8 Å². The van der Waals surface area contributed by atoms with Crippen LogP contribution in [0.3, 0.4) is 0 Å². The van der Waals surface area contributed by atoms with Crippen LogP contribution in [0.15, 0.2) is 42.5 Å². The van der Waals surface area contributed by atoms with Crippen LogP contribution in [0.2, 0.25) is 0 Å². The van der Waals surface area contributed by atoms with Crippen molar-refractivity contribution in [2.45, 2.75) is 19.1 Å². The molecule has 0 aromatic heterocycles. The minimum atomic E-state index is -3.51. The Labute approximate surface area is 135 Å². The molecule has 0 fully saturated rings. The van der Waals surface area contributed by atoms with Crippen LogP contribution in [0.1, 0.15) is 33.6 Å². The Hall–Kier alpha value is -2.83. The van der Waals surface area contributed by atoms with Crippen LogP contribution in [0, 0.1) is 5.82 Å². The summed E-state index contributed by atoms with van der Waals surface area (Å²) in [7, 11) is 0. The van der Waals surface area contributed by atoms with Crippen molar-refractivity contribution in [3.8, 4) is 5.75 Å². The van der Waals surface area contributed by atoms with E-state index >= 15 is 0 Å². The van der Waals surface area contributed by atoms with Crippen LogP contribution in [-0.4, -0.2) is 17.8 Å². The minimum absolute atomic E-state index is 0.0774. The standard InChI is InChI=1S/C17H12F3NO3/c18-12-4-2-1-3-11(12)15(23)8-7-14(22)10-5-6-13-16(9-10)24-17(19,20)21-13/h1-6,9,21H,7-8H2. The molecule has 1 N–H and O–H groups in total. The van der Waals surface area contributed by atoms with E-state index in [0.717, 1.165) is 0 Å². The van der Waals surface area contributed by atoms with Gasteiger partial charge in [-0.05, 0) is 30.3 Å². The lowest BCUT2D eigenvalue weighted by Crippen LogP contribution is -2.28. The van der Waals surface area contributed by atoms with E-state index in [1.807, 2.05) is 5.32 Å². The molecule has 0 spiro atoms. The number of carbonyl (C=O) groups is 2. The molecule has 24 heavy (non-hydrogen) atoms. The van der Waals surface area contributed by atoms with Gasteiger partial charge >= 0.3 is 6.23 Å². The van der Waals surface area contributed by atoms with Crippen molar-refractivity contribution in [1.29, 1.82) is 0 Å². The van der Waals surface area contributed by atoms with Gasteiger partial charge in [0.1, 0.15) is 5.82 Å². The van der Waals surface area contributed by atoms with Crippen molar-refractivity contribution in [3.05, 3.63) is 59.4 Å². The Morgan fingerprint density at radius 1 is 1.04 bits per heavy atom. The van der Waals surface area contributed by atoms with Gasteiger partial charge in [0.2, 0.25) is 0 Å². The zero-order valence-corrected chi connectivity index (χ0v) is 12.3. The molecule has 4 nitrogen and oxygen atoms in total. The maximum Gasteiger partial charge on any atom is 0.494 e. The lowest BCUT2D eigenvalue weighted by molar-refractivity contribution is -0.138. The van der Waals surface area contributed by atoms with Crippen LogP contribution >= 0.6 is 0 Å². The first kappa shape index (κ1) is 16.0. The highest BCUT2D eigenvalue weighted by molar-refractivity contribution is 6.02. The summed E-state index contributed by atoms with van der Waals surface area (Å²) >= 11 is 0. The van der Waals surface area contributed by atoms with E-state index in [1.165, 1.54) is 42.5 Å². The third-order valence-corrected chi connectivity index (χ3v) is 3.58. The molecule has 0 aliphatic carbocycles. The normalized spacial score (nSPS) is 14.5. The Kier molecular flexibility index (Phi) is 4.01. The van der Waals surface area contributed by atoms with Crippen LogP contribution in [-0.2, 0) is 0 Å². The van der Waals surface area contributed by atoms with Gasteiger partial charge in [-0.15, -0.1) is 8.78 Å². The fraction of sp³-hybridized carbons (Fsp3) is 0.176. The average Bonchev–Trinajstić information content (AvgIpc) is 2.85. The second-order valence-electron chi connectivity index (χ2n) is 5.28. The topological polar surface area (TPSA) is 55.4 Å². The summed E-state index contributed by atoms with van der Waals surface area (Å²) in [5, 5.41) is 1.86. The van der Waals surface area contributed by atoms with Gasteiger partial charge in [0, 0.05) is 18.4 Å². The predicted molar refractivity (Wildman–Crippen MR) is 79.9 cm³/mol. The number of hydrogen-bond acceptors (Lipinski definition) is 4. The molecule has 124 valence electrons. The van der Waals surface area contributed by atoms with Crippen LogP contribution in [0.25, 0.3) is 0 Å². The molecule has 0 unspecified atom stereocenters. The zero-order chi connectivity index (χ0) is 17.3. The molecular weight excluding hydrogens is 323 g/mol. The molecule has 0 amide bonds. The van der Waals surface area contributed by atoms with E-state index < -0.39 is 23.6 Å². The first-order chi connectivity index (χ1) is 11.4. The van der Waals surface area contributed by atoms with E-state index in [4.69, 9.17) is 0 Å². The van der Waals surface area contributed by atoms with E-state index in [0.29, 0.717) is 0 Å². The number of nitrogens with one attached hydrogen (secondary N) is 1. The van der Waals surface area contributed by atoms with Gasteiger partial charge in [0.15, 0.2) is 17.3 Å². The largest absolute Gasteiger partial charge is 0.494 e.